The molecule has 206 valence electrons. The molecular weight excluding hydrogens is 525 g/mol. The van der Waals surface area contributed by atoms with Crippen LogP contribution >= 0.6 is 0 Å². The van der Waals surface area contributed by atoms with Crippen molar-refractivity contribution >= 4 is 10.8 Å². The maximum atomic E-state index is 15.1. The van der Waals surface area contributed by atoms with E-state index in [1.165, 1.54) is 18.1 Å². The first kappa shape index (κ1) is 27.3. The van der Waals surface area contributed by atoms with Gasteiger partial charge in [0.1, 0.15) is 17.4 Å². The van der Waals surface area contributed by atoms with Gasteiger partial charge in [-0.25, -0.2) is 8.78 Å². The van der Waals surface area contributed by atoms with Crippen LogP contribution in [0.3, 0.4) is 0 Å². The van der Waals surface area contributed by atoms with Crippen LogP contribution in [0.1, 0.15) is 48.4 Å². The molecule has 0 aromatic heterocycles. The fraction of sp³-hybridized carbons (Fsp3) is 0.400. The van der Waals surface area contributed by atoms with Crippen molar-refractivity contribution < 1.29 is 40.2 Å². The molecule has 0 N–H and O–H groups in total. The molecule has 5 rings (SSSR count). The van der Waals surface area contributed by atoms with Crippen molar-refractivity contribution in [2.75, 3.05) is 6.61 Å². The first-order valence-corrected chi connectivity index (χ1v) is 12.7. The smallest absolute Gasteiger partial charge is 0.429 e. The summed E-state index contributed by atoms with van der Waals surface area (Å²) in [5.74, 6) is 0.162. The maximum Gasteiger partial charge on any atom is 0.458 e. The van der Waals surface area contributed by atoms with Crippen LogP contribution in [0.25, 0.3) is 10.8 Å². The molecule has 1 aliphatic carbocycles. The lowest BCUT2D eigenvalue weighted by Crippen LogP contribution is -2.34. The summed E-state index contributed by atoms with van der Waals surface area (Å²) in [5, 5.41) is -0.440. The Morgan fingerprint density at radius 2 is 1.72 bits per heavy atom. The van der Waals surface area contributed by atoms with Gasteiger partial charge < -0.3 is 9.47 Å². The van der Waals surface area contributed by atoms with Gasteiger partial charge in [0.25, 0.3) is 0 Å². The van der Waals surface area contributed by atoms with Gasteiger partial charge in [0.2, 0.25) is 0 Å². The Labute approximate surface area is 221 Å². The van der Waals surface area contributed by atoms with E-state index in [0.29, 0.717) is 18.3 Å². The van der Waals surface area contributed by atoms with Gasteiger partial charge in [-0.2, -0.15) is 22.0 Å². The van der Waals surface area contributed by atoms with E-state index in [0.717, 1.165) is 73.6 Å². The quantitative estimate of drug-likeness (QED) is 0.242. The van der Waals surface area contributed by atoms with E-state index in [1.807, 2.05) is 0 Å². The molecule has 1 fully saturated rings. The molecule has 1 saturated heterocycles. The average Bonchev–Trinajstić information content (AvgIpc) is 2.87. The Kier molecular flexibility index (Phi) is 7.27. The molecule has 0 spiro atoms. The number of halogens is 7. The number of rotatable bonds is 4. The molecule has 3 atom stereocenters. The second-order valence-corrected chi connectivity index (χ2v) is 10.3. The highest BCUT2D eigenvalue weighted by Gasteiger charge is 2.37. The highest BCUT2D eigenvalue weighted by atomic mass is 19.4. The van der Waals surface area contributed by atoms with E-state index in [9.17, 15) is 22.0 Å². The van der Waals surface area contributed by atoms with Gasteiger partial charge in [-0.1, -0.05) is 18.9 Å². The number of hydrogen-bond acceptors (Lipinski definition) is 2. The molecule has 0 amide bonds. The summed E-state index contributed by atoms with van der Waals surface area (Å²) >= 11 is 0. The Morgan fingerprint density at radius 1 is 0.923 bits per heavy atom. The molecule has 9 heteroatoms. The summed E-state index contributed by atoms with van der Waals surface area (Å²) in [6, 6.07) is 8.26. The Hall–Kier alpha value is -3.25. The van der Waals surface area contributed by atoms with Gasteiger partial charge in [-0.05, 0) is 96.9 Å². The largest absolute Gasteiger partial charge is 0.458 e. The van der Waals surface area contributed by atoms with Crippen molar-refractivity contribution in [3.05, 3.63) is 76.4 Å². The highest BCUT2D eigenvalue weighted by Crippen LogP contribution is 2.38. The van der Waals surface area contributed by atoms with Gasteiger partial charge in [0.15, 0.2) is 0 Å². The standard InChI is InChI=1S/C30H25F7O2/c1-17-2-9-27(38-16-17)20-4-3-19-13-22(6-5-18(19)12-20)30(36,37)39-23-7-8-24-21(14-23)15-26(31)25(28(24)32)10-11-29(33,34)35/h5-8,13-15,17,20,27H,2-4,9,12,16H2,1H3. The third kappa shape index (κ3) is 6.01. The van der Waals surface area contributed by atoms with E-state index in [4.69, 9.17) is 9.47 Å². The van der Waals surface area contributed by atoms with E-state index in [-0.39, 0.29) is 28.2 Å². The predicted octanol–water partition coefficient (Wildman–Crippen LogP) is 8.08. The minimum Gasteiger partial charge on any atom is -0.429 e. The maximum absolute atomic E-state index is 15.1. The summed E-state index contributed by atoms with van der Waals surface area (Å²) in [7, 11) is 0. The summed E-state index contributed by atoms with van der Waals surface area (Å²) in [6.45, 7) is 2.91. The van der Waals surface area contributed by atoms with Crippen LogP contribution < -0.4 is 4.74 Å². The van der Waals surface area contributed by atoms with Crippen LogP contribution in [0.15, 0.2) is 42.5 Å². The van der Waals surface area contributed by atoms with Gasteiger partial charge >= 0.3 is 12.3 Å². The molecule has 0 saturated carbocycles. The van der Waals surface area contributed by atoms with Crippen LogP contribution in [0.5, 0.6) is 5.75 Å². The summed E-state index contributed by atoms with van der Waals surface area (Å²) in [4.78, 5) is 0. The number of aryl methyl sites for hydroxylation is 1. The number of benzene rings is 3. The summed E-state index contributed by atoms with van der Waals surface area (Å²) in [5.41, 5.74) is 0.429. The zero-order chi connectivity index (χ0) is 27.9. The van der Waals surface area contributed by atoms with Crippen molar-refractivity contribution in [3.63, 3.8) is 0 Å². The highest BCUT2D eigenvalue weighted by molar-refractivity contribution is 5.86. The molecule has 3 unspecified atom stereocenters. The SMILES string of the molecule is CC1CCC(C2CCc3cc(C(F)(F)Oc4ccc5c(F)c(C#CC(F)(F)F)c(F)cc5c4)ccc3C2)OC1. The molecule has 1 aliphatic heterocycles. The third-order valence-electron chi connectivity index (χ3n) is 7.45. The van der Waals surface area contributed by atoms with E-state index >= 15 is 8.78 Å². The molecule has 2 aliphatic rings. The molecule has 0 radical (unpaired) electrons. The molecular formula is C30H25F7O2. The summed E-state index contributed by atoms with van der Waals surface area (Å²) < 4.78 is 107. The minimum absolute atomic E-state index is 0.160. The predicted molar refractivity (Wildman–Crippen MR) is 131 cm³/mol. The summed E-state index contributed by atoms with van der Waals surface area (Å²) in [6.07, 6.45) is -4.10. The third-order valence-corrected chi connectivity index (χ3v) is 7.45. The minimum atomic E-state index is -4.93. The molecule has 2 nitrogen and oxygen atoms in total. The zero-order valence-electron chi connectivity index (χ0n) is 21.0. The lowest BCUT2D eigenvalue weighted by molar-refractivity contribution is -0.185. The second-order valence-electron chi connectivity index (χ2n) is 10.3. The Bertz CT molecular complexity index is 1440. The van der Waals surface area contributed by atoms with Crippen molar-refractivity contribution in [2.24, 2.45) is 11.8 Å². The van der Waals surface area contributed by atoms with E-state index in [1.54, 1.807) is 6.07 Å². The molecule has 0 bridgehead atoms. The van der Waals surface area contributed by atoms with Crippen molar-refractivity contribution in [2.45, 2.75) is 57.4 Å². The van der Waals surface area contributed by atoms with Crippen molar-refractivity contribution in [1.82, 2.24) is 0 Å². The first-order chi connectivity index (χ1) is 18.4. The van der Waals surface area contributed by atoms with Crippen molar-refractivity contribution in [3.8, 4) is 17.6 Å². The Morgan fingerprint density at radius 3 is 2.44 bits per heavy atom. The van der Waals surface area contributed by atoms with Crippen LogP contribution in [0.2, 0.25) is 0 Å². The van der Waals surface area contributed by atoms with Gasteiger partial charge in [-0.3, -0.25) is 0 Å². The van der Waals surface area contributed by atoms with Crippen LogP contribution in [-0.4, -0.2) is 18.9 Å². The van der Waals surface area contributed by atoms with Crippen molar-refractivity contribution in [1.29, 1.82) is 0 Å². The van der Waals surface area contributed by atoms with E-state index in [2.05, 4.69) is 6.92 Å². The average molecular weight is 551 g/mol. The topological polar surface area (TPSA) is 18.5 Å². The molecule has 1 heterocycles. The van der Waals surface area contributed by atoms with Crippen LogP contribution in [0, 0.1) is 35.3 Å². The van der Waals surface area contributed by atoms with Gasteiger partial charge in [0.05, 0.1) is 17.2 Å². The molecule has 39 heavy (non-hydrogen) atoms. The number of alkyl halides is 5. The number of hydrogen-bond donors (Lipinski definition) is 0. The first-order valence-electron chi connectivity index (χ1n) is 12.7. The second kappa shape index (κ2) is 10.4. The van der Waals surface area contributed by atoms with Gasteiger partial charge in [0, 0.05) is 17.9 Å². The molecule has 3 aromatic rings. The Balaban J connectivity index is 1.34. The van der Waals surface area contributed by atoms with E-state index < -0.39 is 29.5 Å². The van der Waals surface area contributed by atoms with Crippen LogP contribution in [0.4, 0.5) is 30.7 Å². The lowest BCUT2D eigenvalue weighted by atomic mass is 9.78. The van der Waals surface area contributed by atoms with Crippen LogP contribution in [-0.2, 0) is 23.7 Å². The number of ether oxygens (including phenoxy) is 2. The van der Waals surface area contributed by atoms with Gasteiger partial charge in [-0.15, -0.1) is 0 Å². The monoisotopic (exact) mass is 550 g/mol. The lowest BCUT2D eigenvalue weighted by Gasteiger charge is -2.36. The zero-order valence-corrected chi connectivity index (χ0v) is 21.0. The molecule has 3 aromatic carbocycles. The fourth-order valence-electron chi connectivity index (χ4n) is 5.38. The fourth-order valence-corrected chi connectivity index (χ4v) is 5.38. The number of fused-ring (bicyclic) bond motifs is 2. The normalized spacial score (nSPS) is 21.7.